The number of hydrogen-bond donors (Lipinski definition) is 0. The number of nitrogens with zero attached hydrogens (tertiary/aromatic N) is 1. The van der Waals surface area contributed by atoms with Crippen LogP contribution in [0.25, 0.3) is 6.08 Å². The van der Waals surface area contributed by atoms with Crippen molar-refractivity contribution in [1.82, 2.24) is 4.57 Å². The Labute approximate surface area is 93.3 Å². The van der Waals surface area contributed by atoms with E-state index in [4.69, 9.17) is 16.3 Å². The third-order valence-corrected chi connectivity index (χ3v) is 2.65. The van der Waals surface area contributed by atoms with Crippen molar-refractivity contribution in [3.05, 3.63) is 28.6 Å². The summed E-state index contributed by atoms with van der Waals surface area (Å²) in [4.78, 5) is 11.6. The van der Waals surface area contributed by atoms with Crippen LogP contribution in [0.5, 0.6) is 0 Å². The molecule has 0 unspecified atom stereocenters. The third kappa shape index (κ3) is 1.79. The number of carbonyl (C=O) groups excluding carboxylic acids is 1. The van der Waals surface area contributed by atoms with Crippen molar-refractivity contribution < 1.29 is 9.53 Å². The maximum absolute atomic E-state index is 11.6. The van der Waals surface area contributed by atoms with Crippen LogP contribution >= 0.6 is 11.6 Å². The molecule has 0 aromatic carbocycles. The molecule has 0 fully saturated rings. The van der Waals surface area contributed by atoms with Crippen LogP contribution in [0.2, 0.25) is 5.02 Å². The molecule has 2 rings (SSSR count). The van der Waals surface area contributed by atoms with Crippen LogP contribution in [-0.4, -0.2) is 17.1 Å². The first-order valence-corrected chi connectivity index (χ1v) is 5.34. The van der Waals surface area contributed by atoms with Gasteiger partial charge in [-0.2, -0.15) is 0 Å². The SMILES string of the molecule is CCOC(=O)c1c(Cl)cc2n1CCC=C2. The first kappa shape index (κ1) is 10.3. The van der Waals surface area contributed by atoms with Crippen LogP contribution in [0.3, 0.4) is 0 Å². The molecule has 0 N–H and O–H groups in total. The predicted octanol–water partition coefficient (Wildman–Crippen LogP) is 2.74. The molecule has 1 aromatic rings. The van der Waals surface area contributed by atoms with Crippen molar-refractivity contribution in [2.75, 3.05) is 6.61 Å². The fourth-order valence-corrected chi connectivity index (χ4v) is 2.02. The number of rotatable bonds is 2. The number of fused-ring (bicyclic) bond motifs is 1. The highest BCUT2D eigenvalue weighted by molar-refractivity contribution is 6.33. The van der Waals surface area contributed by atoms with Gasteiger partial charge in [0.1, 0.15) is 5.69 Å². The maximum atomic E-state index is 11.6. The summed E-state index contributed by atoms with van der Waals surface area (Å²) < 4.78 is 6.87. The molecule has 15 heavy (non-hydrogen) atoms. The van der Waals surface area contributed by atoms with Gasteiger partial charge in [-0.1, -0.05) is 17.7 Å². The largest absolute Gasteiger partial charge is 0.461 e. The van der Waals surface area contributed by atoms with Gasteiger partial charge in [-0.25, -0.2) is 4.79 Å². The minimum atomic E-state index is -0.343. The lowest BCUT2D eigenvalue weighted by atomic mass is 10.2. The van der Waals surface area contributed by atoms with E-state index in [2.05, 4.69) is 6.08 Å². The van der Waals surface area contributed by atoms with E-state index in [1.807, 2.05) is 10.6 Å². The van der Waals surface area contributed by atoms with Crippen molar-refractivity contribution in [2.45, 2.75) is 19.9 Å². The number of aromatic nitrogens is 1. The van der Waals surface area contributed by atoms with Crippen molar-refractivity contribution in [1.29, 1.82) is 0 Å². The van der Waals surface area contributed by atoms with Crippen LogP contribution in [-0.2, 0) is 11.3 Å². The molecule has 1 aliphatic rings. The van der Waals surface area contributed by atoms with E-state index in [1.54, 1.807) is 13.0 Å². The molecule has 0 aliphatic carbocycles. The van der Waals surface area contributed by atoms with Crippen LogP contribution in [0.1, 0.15) is 29.5 Å². The highest BCUT2D eigenvalue weighted by atomic mass is 35.5. The first-order chi connectivity index (χ1) is 7.24. The Kier molecular flexibility index (Phi) is 2.82. The Morgan fingerprint density at radius 3 is 3.20 bits per heavy atom. The highest BCUT2D eigenvalue weighted by Gasteiger charge is 2.21. The fourth-order valence-electron chi connectivity index (χ4n) is 1.73. The van der Waals surface area contributed by atoms with E-state index < -0.39 is 0 Å². The molecule has 0 atom stereocenters. The van der Waals surface area contributed by atoms with Crippen molar-refractivity contribution in [2.24, 2.45) is 0 Å². The second kappa shape index (κ2) is 4.11. The number of carbonyl (C=O) groups is 1. The molecule has 80 valence electrons. The maximum Gasteiger partial charge on any atom is 0.356 e. The molecule has 0 spiro atoms. The molecule has 1 aromatic heterocycles. The van der Waals surface area contributed by atoms with E-state index in [0.717, 1.165) is 18.7 Å². The monoisotopic (exact) mass is 225 g/mol. The normalized spacial score (nSPS) is 13.7. The average Bonchev–Trinajstić information content (AvgIpc) is 2.54. The highest BCUT2D eigenvalue weighted by Crippen LogP contribution is 2.26. The first-order valence-electron chi connectivity index (χ1n) is 4.96. The van der Waals surface area contributed by atoms with Gasteiger partial charge in [0.15, 0.2) is 0 Å². The van der Waals surface area contributed by atoms with E-state index >= 15 is 0 Å². The molecule has 0 amide bonds. The van der Waals surface area contributed by atoms with Gasteiger partial charge in [0.2, 0.25) is 0 Å². The fraction of sp³-hybridized carbons (Fsp3) is 0.364. The van der Waals surface area contributed by atoms with Gasteiger partial charge in [0.25, 0.3) is 0 Å². The zero-order valence-corrected chi connectivity index (χ0v) is 9.25. The van der Waals surface area contributed by atoms with E-state index in [1.165, 1.54) is 0 Å². The average molecular weight is 226 g/mol. The summed E-state index contributed by atoms with van der Waals surface area (Å²) in [5.41, 5.74) is 1.44. The number of ether oxygens (including phenoxy) is 1. The topological polar surface area (TPSA) is 31.2 Å². The summed E-state index contributed by atoms with van der Waals surface area (Å²) in [5, 5.41) is 0.468. The molecule has 3 nitrogen and oxygen atoms in total. The lowest BCUT2D eigenvalue weighted by Crippen LogP contribution is -2.14. The van der Waals surface area contributed by atoms with Gasteiger partial charge in [0, 0.05) is 12.2 Å². The summed E-state index contributed by atoms with van der Waals surface area (Å²) in [6.45, 7) is 2.93. The number of allylic oxidation sites excluding steroid dienone is 1. The van der Waals surface area contributed by atoms with Crippen LogP contribution in [0, 0.1) is 0 Å². The lowest BCUT2D eigenvalue weighted by Gasteiger charge is -2.12. The van der Waals surface area contributed by atoms with Crippen molar-refractivity contribution >= 4 is 23.6 Å². The Hall–Kier alpha value is -1.22. The Balaban J connectivity index is 2.42. The van der Waals surface area contributed by atoms with Gasteiger partial charge in [-0.3, -0.25) is 0 Å². The van der Waals surface area contributed by atoms with E-state index in [9.17, 15) is 4.79 Å². The van der Waals surface area contributed by atoms with Crippen LogP contribution < -0.4 is 0 Å². The summed E-state index contributed by atoms with van der Waals surface area (Å²) in [6, 6.07) is 1.80. The zero-order chi connectivity index (χ0) is 10.8. The molecular formula is C11H12ClNO2. The minimum Gasteiger partial charge on any atom is -0.461 e. The number of halogens is 1. The lowest BCUT2D eigenvalue weighted by molar-refractivity contribution is 0.0514. The smallest absolute Gasteiger partial charge is 0.356 e. The van der Waals surface area contributed by atoms with Crippen LogP contribution in [0.4, 0.5) is 0 Å². The molecule has 0 saturated carbocycles. The molecule has 1 aliphatic heterocycles. The summed E-state index contributed by atoms with van der Waals surface area (Å²) in [7, 11) is 0. The minimum absolute atomic E-state index is 0.343. The predicted molar refractivity (Wildman–Crippen MR) is 59.0 cm³/mol. The second-order valence-electron chi connectivity index (χ2n) is 3.33. The molecule has 2 heterocycles. The van der Waals surface area contributed by atoms with Gasteiger partial charge < -0.3 is 9.30 Å². The summed E-state index contributed by atoms with van der Waals surface area (Å²) in [5.74, 6) is -0.343. The van der Waals surface area contributed by atoms with Gasteiger partial charge >= 0.3 is 5.97 Å². The second-order valence-corrected chi connectivity index (χ2v) is 3.74. The molecule has 4 heteroatoms. The molecule has 0 bridgehead atoms. The van der Waals surface area contributed by atoms with Gasteiger partial charge in [-0.05, 0) is 25.5 Å². The quantitative estimate of drug-likeness (QED) is 0.725. The third-order valence-electron chi connectivity index (χ3n) is 2.36. The van der Waals surface area contributed by atoms with Gasteiger partial charge in [0.05, 0.1) is 11.6 Å². The zero-order valence-electron chi connectivity index (χ0n) is 8.50. The summed E-state index contributed by atoms with van der Waals surface area (Å²) >= 11 is 6.01. The Morgan fingerprint density at radius 2 is 2.47 bits per heavy atom. The van der Waals surface area contributed by atoms with Crippen LogP contribution in [0.15, 0.2) is 12.1 Å². The number of hydrogen-bond acceptors (Lipinski definition) is 2. The van der Waals surface area contributed by atoms with Crippen molar-refractivity contribution in [3.8, 4) is 0 Å². The Morgan fingerprint density at radius 1 is 1.67 bits per heavy atom. The molecule has 0 radical (unpaired) electrons. The molecular weight excluding hydrogens is 214 g/mol. The van der Waals surface area contributed by atoms with E-state index in [0.29, 0.717) is 17.3 Å². The number of esters is 1. The van der Waals surface area contributed by atoms with Crippen molar-refractivity contribution in [3.63, 3.8) is 0 Å². The van der Waals surface area contributed by atoms with E-state index in [-0.39, 0.29) is 5.97 Å². The van der Waals surface area contributed by atoms with Gasteiger partial charge in [-0.15, -0.1) is 0 Å². The Bertz CT molecular complexity index is 420. The summed E-state index contributed by atoms with van der Waals surface area (Å²) in [6.07, 6.45) is 4.96. The molecule has 0 saturated heterocycles. The standard InChI is InChI=1S/C11H12ClNO2/c1-2-15-11(14)10-9(12)7-8-5-3-4-6-13(8)10/h3,5,7H,2,4,6H2,1H3.